The third-order valence-electron chi connectivity index (χ3n) is 6.44. The van der Waals surface area contributed by atoms with E-state index in [0.29, 0.717) is 25.0 Å². The van der Waals surface area contributed by atoms with E-state index < -0.39 is 10.0 Å². The van der Waals surface area contributed by atoms with Crippen LogP contribution < -0.4 is 10.0 Å². The first-order valence-electron chi connectivity index (χ1n) is 12.1. The molecule has 0 amide bonds. The van der Waals surface area contributed by atoms with Crippen molar-refractivity contribution in [2.24, 2.45) is 0 Å². The van der Waals surface area contributed by atoms with Crippen LogP contribution in [0.1, 0.15) is 43.5 Å². The smallest absolute Gasteiger partial charge is 0.241 e. The number of fused-ring (bicyclic) bond motifs is 1. The highest BCUT2D eigenvalue weighted by Gasteiger charge is 2.33. The minimum Gasteiger partial charge on any atom is -0.394 e. The molecule has 0 aliphatic heterocycles. The van der Waals surface area contributed by atoms with Gasteiger partial charge in [0.1, 0.15) is 0 Å². The lowest BCUT2D eigenvalue weighted by Gasteiger charge is -2.37. The van der Waals surface area contributed by atoms with E-state index >= 15 is 0 Å². The van der Waals surface area contributed by atoms with Gasteiger partial charge in [-0.2, -0.15) is 0 Å². The van der Waals surface area contributed by atoms with Gasteiger partial charge in [0.15, 0.2) is 0 Å². The van der Waals surface area contributed by atoms with E-state index in [2.05, 4.69) is 25.0 Å². The van der Waals surface area contributed by atoms with E-state index in [-0.39, 0.29) is 23.6 Å². The molecule has 3 N–H and O–H groups in total. The average molecular weight is 500 g/mol. The van der Waals surface area contributed by atoms with Crippen LogP contribution in [0.4, 0.5) is 5.69 Å². The summed E-state index contributed by atoms with van der Waals surface area (Å²) in [7, 11) is -3.75. The molecule has 4 rings (SSSR count). The first-order valence-corrected chi connectivity index (χ1v) is 13.5. The van der Waals surface area contributed by atoms with Crippen LogP contribution in [0.15, 0.2) is 47.9 Å². The molecule has 1 aliphatic rings. The lowest BCUT2D eigenvalue weighted by molar-refractivity contribution is -0.0709. The molecule has 35 heavy (non-hydrogen) atoms. The summed E-state index contributed by atoms with van der Waals surface area (Å²) in [6, 6.07) is 5.13. The first kappa shape index (κ1) is 25.4. The van der Waals surface area contributed by atoms with E-state index in [1.165, 1.54) is 6.42 Å². The lowest BCUT2D eigenvalue weighted by Crippen LogP contribution is -2.42. The van der Waals surface area contributed by atoms with Gasteiger partial charge in [0.05, 0.1) is 35.1 Å². The van der Waals surface area contributed by atoms with Gasteiger partial charge in [0, 0.05) is 60.8 Å². The Labute approximate surface area is 206 Å². The zero-order valence-electron chi connectivity index (χ0n) is 20.0. The standard InChI is InChI=1S/C25H33N5O4S/c1-19-15-28-20(16-27-19)7-12-30-35(32,33)24-6-5-23(22-17-26-11-8-21(22)24)29-18-25(34-14-13-31)9-3-2-4-10-25/h5-6,8,11,15-17,29-31H,2-4,7,9-10,12-14,18H2,1H3. The number of rotatable bonds is 11. The maximum absolute atomic E-state index is 13.1. The van der Waals surface area contributed by atoms with Gasteiger partial charge in [-0.1, -0.05) is 19.3 Å². The number of ether oxygens (including phenoxy) is 1. The van der Waals surface area contributed by atoms with E-state index in [1.807, 2.05) is 6.92 Å². The van der Waals surface area contributed by atoms with Crippen molar-refractivity contribution in [3.8, 4) is 0 Å². The Bertz CT molecular complexity index is 1230. The van der Waals surface area contributed by atoms with E-state index in [1.54, 1.807) is 43.0 Å². The minimum atomic E-state index is -3.75. The third-order valence-corrected chi connectivity index (χ3v) is 7.96. The highest BCUT2D eigenvalue weighted by Crippen LogP contribution is 2.34. The number of aliphatic hydroxyl groups excluding tert-OH is 1. The molecule has 0 bridgehead atoms. The molecule has 1 saturated carbocycles. The second kappa shape index (κ2) is 11.4. The summed E-state index contributed by atoms with van der Waals surface area (Å²) in [5.41, 5.74) is 2.02. The van der Waals surface area contributed by atoms with Crippen molar-refractivity contribution in [1.29, 1.82) is 0 Å². The normalized spacial score (nSPS) is 15.8. The molecule has 3 aromatic rings. The largest absolute Gasteiger partial charge is 0.394 e. The second-order valence-electron chi connectivity index (χ2n) is 9.00. The summed E-state index contributed by atoms with van der Waals surface area (Å²) < 4.78 is 35.0. The Kier molecular flexibility index (Phi) is 8.27. The summed E-state index contributed by atoms with van der Waals surface area (Å²) >= 11 is 0. The summed E-state index contributed by atoms with van der Waals surface area (Å²) in [5, 5.41) is 14.1. The van der Waals surface area contributed by atoms with Gasteiger partial charge in [0.25, 0.3) is 0 Å². The van der Waals surface area contributed by atoms with Crippen molar-refractivity contribution >= 4 is 26.5 Å². The molecule has 188 valence electrons. The van der Waals surface area contributed by atoms with Gasteiger partial charge in [0.2, 0.25) is 10.0 Å². The van der Waals surface area contributed by atoms with Crippen LogP contribution in [0.3, 0.4) is 0 Å². The highest BCUT2D eigenvalue weighted by atomic mass is 32.2. The molecule has 2 aromatic heterocycles. The lowest BCUT2D eigenvalue weighted by atomic mass is 9.84. The van der Waals surface area contributed by atoms with E-state index in [9.17, 15) is 13.5 Å². The number of aryl methyl sites for hydroxylation is 1. The Morgan fingerprint density at radius 3 is 2.63 bits per heavy atom. The zero-order chi connectivity index (χ0) is 24.7. The molecule has 10 heteroatoms. The number of nitrogens with one attached hydrogen (secondary N) is 2. The molecule has 0 atom stereocenters. The third kappa shape index (κ3) is 6.32. The van der Waals surface area contributed by atoms with Crippen LogP contribution in [0.5, 0.6) is 0 Å². The summed E-state index contributed by atoms with van der Waals surface area (Å²) in [4.78, 5) is 12.9. The molecule has 0 spiro atoms. The van der Waals surface area contributed by atoms with Crippen molar-refractivity contribution < 1.29 is 18.3 Å². The van der Waals surface area contributed by atoms with E-state index in [0.717, 1.165) is 48.1 Å². The van der Waals surface area contributed by atoms with Crippen LogP contribution >= 0.6 is 0 Å². The minimum absolute atomic E-state index is 0.00928. The molecular formula is C25H33N5O4S. The fourth-order valence-electron chi connectivity index (χ4n) is 4.58. The van der Waals surface area contributed by atoms with Crippen molar-refractivity contribution in [2.45, 2.75) is 55.9 Å². The number of hydrogen-bond donors (Lipinski definition) is 3. The molecule has 0 unspecified atom stereocenters. The fraction of sp³-hybridized carbons (Fsp3) is 0.480. The summed E-state index contributed by atoms with van der Waals surface area (Å²) in [6.07, 6.45) is 12.3. The molecule has 1 aliphatic carbocycles. The first-order chi connectivity index (χ1) is 16.9. The fourth-order valence-corrected chi connectivity index (χ4v) is 5.82. The monoisotopic (exact) mass is 499 g/mol. The second-order valence-corrected chi connectivity index (χ2v) is 10.7. The molecule has 9 nitrogen and oxygen atoms in total. The predicted molar refractivity (Wildman–Crippen MR) is 135 cm³/mol. The van der Waals surface area contributed by atoms with Crippen LogP contribution in [0.2, 0.25) is 0 Å². The van der Waals surface area contributed by atoms with Gasteiger partial charge >= 0.3 is 0 Å². The van der Waals surface area contributed by atoms with Crippen LogP contribution in [0.25, 0.3) is 10.8 Å². The van der Waals surface area contributed by atoms with Crippen LogP contribution in [-0.2, 0) is 21.2 Å². The van der Waals surface area contributed by atoms with Crippen molar-refractivity contribution in [1.82, 2.24) is 19.7 Å². The Balaban J connectivity index is 1.51. The molecule has 0 saturated heterocycles. The van der Waals surface area contributed by atoms with Crippen LogP contribution in [0, 0.1) is 6.92 Å². The topological polar surface area (TPSA) is 126 Å². The average Bonchev–Trinajstić information content (AvgIpc) is 2.87. The Morgan fingerprint density at radius 2 is 1.89 bits per heavy atom. The molecule has 1 aromatic carbocycles. The van der Waals surface area contributed by atoms with Gasteiger partial charge < -0.3 is 15.2 Å². The number of aliphatic hydroxyl groups is 1. The number of sulfonamides is 1. The molecule has 0 radical (unpaired) electrons. The van der Waals surface area contributed by atoms with Gasteiger partial charge in [-0.05, 0) is 38.0 Å². The van der Waals surface area contributed by atoms with Crippen LogP contribution in [-0.4, -0.2) is 60.4 Å². The molecule has 1 fully saturated rings. The molecular weight excluding hydrogens is 466 g/mol. The summed E-state index contributed by atoms with van der Waals surface area (Å²) in [5.74, 6) is 0. The van der Waals surface area contributed by atoms with Crippen molar-refractivity contribution in [3.63, 3.8) is 0 Å². The van der Waals surface area contributed by atoms with Crippen molar-refractivity contribution in [3.05, 3.63) is 54.4 Å². The number of pyridine rings is 1. The zero-order valence-corrected chi connectivity index (χ0v) is 20.9. The van der Waals surface area contributed by atoms with Gasteiger partial charge in [-0.3, -0.25) is 15.0 Å². The maximum Gasteiger partial charge on any atom is 0.241 e. The van der Waals surface area contributed by atoms with Gasteiger partial charge in [-0.25, -0.2) is 13.1 Å². The predicted octanol–water partition coefficient (Wildman–Crippen LogP) is 2.98. The van der Waals surface area contributed by atoms with Crippen molar-refractivity contribution in [2.75, 3.05) is 31.6 Å². The number of anilines is 1. The maximum atomic E-state index is 13.1. The number of aromatic nitrogens is 3. The number of benzene rings is 1. The number of nitrogens with zero attached hydrogens (tertiary/aromatic N) is 3. The highest BCUT2D eigenvalue weighted by molar-refractivity contribution is 7.89. The Hall–Kier alpha value is -2.66. The SMILES string of the molecule is Cc1cnc(CCNS(=O)(=O)c2ccc(NCC3(OCCO)CCCCC3)c3cnccc23)cn1. The quantitative estimate of drug-likeness (QED) is 0.368. The molecule has 2 heterocycles. The summed E-state index contributed by atoms with van der Waals surface area (Å²) in [6.45, 7) is 2.96. The van der Waals surface area contributed by atoms with E-state index in [4.69, 9.17) is 4.74 Å². The number of hydrogen-bond acceptors (Lipinski definition) is 8. The van der Waals surface area contributed by atoms with Gasteiger partial charge in [-0.15, -0.1) is 0 Å². The Morgan fingerprint density at radius 1 is 1.06 bits per heavy atom.